The molecule has 1 fully saturated rings. The molecule has 9 heteroatoms. The molecule has 4 N–H and O–H groups in total. The van der Waals surface area contributed by atoms with Gasteiger partial charge in [0.2, 0.25) is 12.3 Å². The zero-order valence-corrected chi connectivity index (χ0v) is 19.7. The Hall–Kier alpha value is -3.33. The van der Waals surface area contributed by atoms with Crippen molar-refractivity contribution in [2.24, 2.45) is 10.7 Å². The molecule has 1 saturated heterocycles. The standard InChI is InChI=1S/C25H31FN4O4/c1-15-7-8-19(21(13-15)34-16(2)26)28-20-6-4-5-18(23(20)32)25(3)14-22(31)30(24(27)29-25)17-9-11-33-12-10-17/h4-8,13,16-17,28,32H,9-12,14H2,1-3H3,(H2,27,29)/t16?,25-/m0/s1. The van der Waals surface area contributed by atoms with Crippen LogP contribution in [0.5, 0.6) is 11.5 Å². The second-order valence-electron chi connectivity index (χ2n) is 9.02. The Morgan fingerprint density at radius 3 is 2.71 bits per heavy atom. The predicted molar refractivity (Wildman–Crippen MR) is 128 cm³/mol. The number of nitrogens with two attached hydrogens (primary N) is 1. The molecule has 182 valence electrons. The summed E-state index contributed by atoms with van der Waals surface area (Å²) in [6.07, 6.45) is -0.00500. The van der Waals surface area contributed by atoms with Crippen LogP contribution in [0.15, 0.2) is 41.4 Å². The molecule has 2 aliphatic rings. The van der Waals surface area contributed by atoms with Gasteiger partial charge in [-0.05, 0) is 50.5 Å². The fourth-order valence-electron chi connectivity index (χ4n) is 4.57. The third kappa shape index (κ3) is 4.79. The van der Waals surface area contributed by atoms with Crippen molar-refractivity contribution < 1.29 is 23.8 Å². The summed E-state index contributed by atoms with van der Waals surface area (Å²) in [5, 5.41) is 14.3. The number of para-hydroxylation sites is 1. The highest BCUT2D eigenvalue weighted by Gasteiger charge is 2.42. The van der Waals surface area contributed by atoms with E-state index < -0.39 is 11.9 Å². The number of halogens is 1. The van der Waals surface area contributed by atoms with Gasteiger partial charge in [-0.3, -0.25) is 9.69 Å². The van der Waals surface area contributed by atoms with Crippen molar-refractivity contribution in [1.82, 2.24) is 4.90 Å². The first kappa shape index (κ1) is 23.8. The van der Waals surface area contributed by atoms with Gasteiger partial charge in [-0.15, -0.1) is 0 Å². The molecule has 2 aromatic rings. The molecule has 4 rings (SSSR count). The first-order valence-electron chi connectivity index (χ1n) is 11.4. The molecular formula is C25H31FN4O4. The number of benzene rings is 2. The van der Waals surface area contributed by atoms with E-state index in [1.165, 1.54) is 6.92 Å². The highest BCUT2D eigenvalue weighted by molar-refractivity contribution is 5.99. The predicted octanol–water partition coefficient (Wildman–Crippen LogP) is 4.08. The van der Waals surface area contributed by atoms with E-state index in [1.54, 1.807) is 42.2 Å². The van der Waals surface area contributed by atoms with E-state index in [0.29, 0.717) is 48.7 Å². The minimum Gasteiger partial charge on any atom is -0.505 e. The van der Waals surface area contributed by atoms with Crippen molar-refractivity contribution in [3.05, 3.63) is 47.5 Å². The van der Waals surface area contributed by atoms with E-state index in [9.17, 15) is 14.3 Å². The van der Waals surface area contributed by atoms with E-state index in [4.69, 9.17) is 15.2 Å². The van der Waals surface area contributed by atoms with Crippen molar-refractivity contribution in [2.45, 2.75) is 58.0 Å². The number of rotatable bonds is 6. The number of nitrogens with one attached hydrogen (secondary N) is 1. The number of amides is 1. The van der Waals surface area contributed by atoms with Crippen LogP contribution < -0.4 is 15.8 Å². The molecule has 0 aromatic heterocycles. The summed E-state index contributed by atoms with van der Waals surface area (Å²) in [6, 6.07) is 10.5. The van der Waals surface area contributed by atoms with Crippen molar-refractivity contribution in [2.75, 3.05) is 18.5 Å². The number of aliphatic imine (C=N–C) groups is 1. The van der Waals surface area contributed by atoms with Crippen molar-refractivity contribution in [3.63, 3.8) is 0 Å². The molecule has 1 unspecified atom stereocenters. The topological polar surface area (TPSA) is 109 Å². The summed E-state index contributed by atoms with van der Waals surface area (Å²) in [5.41, 5.74) is 7.49. The van der Waals surface area contributed by atoms with E-state index >= 15 is 0 Å². The normalized spacial score (nSPS) is 22.3. The lowest BCUT2D eigenvalue weighted by atomic mass is 9.86. The van der Waals surface area contributed by atoms with Crippen molar-refractivity contribution in [3.8, 4) is 11.5 Å². The Morgan fingerprint density at radius 2 is 2.03 bits per heavy atom. The lowest BCUT2D eigenvalue weighted by Crippen LogP contribution is -2.55. The number of aryl methyl sites for hydroxylation is 1. The summed E-state index contributed by atoms with van der Waals surface area (Å²) in [7, 11) is 0. The molecule has 2 aliphatic heterocycles. The summed E-state index contributed by atoms with van der Waals surface area (Å²) >= 11 is 0. The van der Waals surface area contributed by atoms with Gasteiger partial charge in [0, 0.05) is 31.7 Å². The number of nitrogens with zero attached hydrogens (tertiary/aromatic N) is 2. The molecular weight excluding hydrogens is 439 g/mol. The van der Waals surface area contributed by atoms with Gasteiger partial charge in [0.25, 0.3) is 0 Å². The zero-order chi connectivity index (χ0) is 24.5. The summed E-state index contributed by atoms with van der Waals surface area (Å²) < 4.78 is 24.2. The molecule has 8 nitrogen and oxygen atoms in total. The molecule has 34 heavy (non-hydrogen) atoms. The Kier molecular flexibility index (Phi) is 6.65. The summed E-state index contributed by atoms with van der Waals surface area (Å²) in [5.74, 6) is 0.280. The van der Waals surface area contributed by atoms with Crippen LogP contribution in [0.2, 0.25) is 0 Å². The first-order chi connectivity index (χ1) is 16.2. The number of aromatic hydroxyl groups is 1. The highest BCUT2D eigenvalue weighted by Crippen LogP contribution is 2.43. The molecule has 0 radical (unpaired) electrons. The smallest absolute Gasteiger partial charge is 0.235 e. The lowest BCUT2D eigenvalue weighted by Gasteiger charge is -2.40. The Labute approximate surface area is 198 Å². The number of hydrogen-bond donors (Lipinski definition) is 3. The van der Waals surface area contributed by atoms with Gasteiger partial charge in [-0.1, -0.05) is 18.2 Å². The van der Waals surface area contributed by atoms with Crippen LogP contribution in [-0.2, 0) is 15.1 Å². The van der Waals surface area contributed by atoms with Crippen LogP contribution in [0.1, 0.15) is 44.2 Å². The number of carbonyl (C=O) groups is 1. The van der Waals surface area contributed by atoms with Gasteiger partial charge >= 0.3 is 0 Å². The fraction of sp³-hybridized carbons (Fsp3) is 0.440. The maximum absolute atomic E-state index is 13.5. The number of anilines is 2. The maximum atomic E-state index is 13.5. The van der Waals surface area contributed by atoms with Crippen LogP contribution in [0.4, 0.5) is 15.8 Å². The van der Waals surface area contributed by atoms with E-state index in [1.807, 2.05) is 13.0 Å². The Balaban J connectivity index is 1.65. The van der Waals surface area contributed by atoms with Crippen LogP contribution in [-0.4, -0.2) is 47.5 Å². The number of hydrogen-bond acceptors (Lipinski definition) is 7. The van der Waals surface area contributed by atoms with Gasteiger partial charge in [-0.2, -0.15) is 0 Å². The Bertz CT molecular complexity index is 1100. The molecule has 1 amide bonds. The molecule has 2 atom stereocenters. The lowest BCUT2D eigenvalue weighted by molar-refractivity contribution is -0.132. The highest BCUT2D eigenvalue weighted by atomic mass is 19.1. The van der Waals surface area contributed by atoms with Crippen LogP contribution in [0.3, 0.4) is 0 Å². The monoisotopic (exact) mass is 470 g/mol. The number of alkyl halides is 1. The van der Waals surface area contributed by atoms with Gasteiger partial charge in [-0.25, -0.2) is 9.38 Å². The van der Waals surface area contributed by atoms with Gasteiger partial charge in [0.15, 0.2) is 5.96 Å². The zero-order valence-electron chi connectivity index (χ0n) is 19.7. The third-order valence-electron chi connectivity index (χ3n) is 6.24. The molecule has 0 bridgehead atoms. The number of guanidine groups is 1. The quantitative estimate of drug-likeness (QED) is 0.549. The minimum absolute atomic E-state index is 0.0333. The second kappa shape index (κ2) is 9.50. The van der Waals surface area contributed by atoms with Gasteiger partial charge < -0.3 is 25.6 Å². The fourth-order valence-corrected chi connectivity index (χ4v) is 4.57. The number of carbonyl (C=O) groups excluding carboxylic acids is 1. The van der Waals surface area contributed by atoms with Crippen molar-refractivity contribution in [1.29, 1.82) is 0 Å². The van der Waals surface area contributed by atoms with E-state index in [0.717, 1.165) is 5.56 Å². The largest absolute Gasteiger partial charge is 0.505 e. The number of phenols is 1. The minimum atomic E-state index is -1.49. The maximum Gasteiger partial charge on any atom is 0.235 e. The number of phenolic OH excluding ortho intramolecular Hbond substituents is 1. The molecule has 2 aromatic carbocycles. The van der Waals surface area contributed by atoms with Gasteiger partial charge in [0.1, 0.15) is 11.5 Å². The first-order valence-corrected chi connectivity index (χ1v) is 11.4. The van der Waals surface area contributed by atoms with E-state index in [-0.39, 0.29) is 30.1 Å². The van der Waals surface area contributed by atoms with Crippen LogP contribution >= 0.6 is 0 Å². The summed E-state index contributed by atoms with van der Waals surface area (Å²) in [6.45, 7) is 6.13. The van der Waals surface area contributed by atoms with Crippen molar-refractivity contribution >= 4 is 23.2 Å². The molecule has 0 saturated carbocycles. The average molecular weight is 471 g/mol. The SMILES string of the molecule is Cc1ccc(Nc2cccc([C@]3(C)CC(=O)N(C4CCOCC4)C(N)=N3)c2O)c(OC(C)F)c1. The average Bonchev–Trinajstić information content (AvgIpc) is 2.76. The molecule has 0 spiro atoms. The summed E-state index contributed by atoms with van der Waals surface area (Å²) in [4.78, 5) is 19.4. The van der Waals surface area contributed by atoms with Gasteiger partial charge in [0.05, 0.1) is 23.3 Å². The number of ether oxygens (including phenoxy) is 2. The van der Waals surface area contributed by atoms with Crippen LogP contribution in [0, 0.1) is 6.92 Å². The third-order valence-corrected chi connectivity index (χ3v) is 6.24. The van der Waals surface area contributed by atoms with Crippen LogP contribution in [0.25, 0.3) is 0 Å². The van der Waals surface area contributed by atoms with E-state index in [2.05, 4.69) is 10.3 Å². The second-order valence-corrected chi connectivity index (χ2v) is 9.02. The molecule has 0 aliphatic carbocycles. The molecule has 2 heterocycles. The Morgan fingerprint density at radius 1 is 1.29 bits per heavy atom.